The van der Waals surface area contributed by atoms with Crippen LogP contribution < -0.4 is 5.32 Å². The molecule has 0 unspecified atom stereocenters. The Balaban J connectivity index is 1.71. The van der Waals surface area contributed by atoms with E-state index in [4.69, 9.17) is 9.47 Å². The molecular weight excluding hydrogens is 232 g/mol. The molecule has 1 N–H and O–H groups in total. The quantitative estimate of drug-likeness (QED) is 0.708. The van der Waals surface area contributed by atoms with Gasteiger partial charge in [-0.25, -0.2) is 0 Å². The minimum absolute atomic E-state index is 0.138. The van der Waals surface area contributed by atoms with Crippen molar-refractivity contribution in [2.24, 2.45) is 11.3 Å². The van der Waals surface area contributed by atoms with Crippen molar-refractivity contribution in [2.75, 3.05) is 52.6 Å². The van der Waals surface area contributed by atoms with E-state index in [1.54, 1.807) is 0 Å². The van der Waals surface area contributed by atoms with Gasteiger partial charge in [-0.05, 0) is 18.3 Å². The molecule has 5 heteroatoms. The summed E-state index contributed by atoms with van der Waals surface area (Å²) in [6.07, 6.45) is 2.03. The molecule has 0 aromatic heterocycles. The van der Waals surface area contributed by atoms with Crippen molar-refractivity contribution in [3.8, 4) is 0 Å². The van der Waals surface area contributed by atoms with Crippen molar-refractivity contribution in [3.05, 3.63) is 0 Å². The van der Waals surface area contributed by atoms with Crippen LogP contribution in [-0.4, -0.2) is 63.4 Å². The molecule has 3 aliphatic heterocycles. The van der Waals surface area contributed by atoms with Crippen LogP contribution in [-0.2, 0) is 14.3 Å². The second-order valence-corrected chi connectivity index (χ2v) is 5.60. The van der Waals surface area contributed by atoms with Crippen LogP contribution in [0.5, 0.6) is 0 Å². The number of hydrogen-bond acceptors (Lipinski definition) is 4. The first kappa shape index (κ1) is 12.4. The maximum Gasteiger partial charge on any atom is 0.227 e. The smallest absolute Gasteiger partial charge is 0.227 e. The van der Waals surface area contributed by atoms with E-state index in [9.17, 15) is 4.79 Å². The number of amides is 1. The van der Waals surface area contributed by atoms with Crippen LogP contribution in [0.1, 0.15) is 12.8 Å². The van der Waals surface area contributed by atoms with Crippen LogP contribution in [0.3, 0.4) is 0 Å². The summed E-state index contributed by atoms with van der Waals surface area (Å²) in [6.45, 7) is 6.27. The number of carbonyl (C=O) groups is 1. The molecule has 3 saturated heterocycles. The average Bonchev–Trinajstić information content (AvgIpc) is 2.83. The van der Waals surface area contributed by atoms with Crippen LogP contribution in [0, 0.1) is 11.3 Å². The fraction of sp³-hybridized carbons (Fsp3) is 0.923. The van der Waals surface area contributed by atoms with Crippen molar-refractivity contribution in [2.45, 2.75) is 12.8 Å². The number of rotatable bonds is 1. The van der Waals surface area contributed by atoms with Crippen LogP contribution in [0.2, 0.25) is 0 Å². The topological polar surface area (TPSA) is 50.8 Å². The van der Waals surface area contributed by atoms with Gasteiger partial charge >= 0.3 is 0 Å². The SMILES string of the molecule is O=C([C@H]1CNCC12CCOCC2)N1CCOCC1. The third kappa shape index (κ3) is 2.15. The van der Waals surface area contributed by atoms with Gasteiger partial charge < -0.3 is 19.7 Å². The maximum absolute atomic E-state index is 12.7. The predicted molar refractivity (Wildman–Crippen MR) is 66.2 cm³/mol. The Morgan fingerprint density at radius 1 is 1.11 bits per heavy atom. The summed E-state index contributed by atoms with van der Waals surface area (Å²) in [5, 5.41) is 3.42. The molecule has 0 aromatic rings. The summed E-state index contributed by atoms with van der Waals surface area (Å²) in [5.74, 6) is 0.463. The average molecular weight is 254 g/mol. The first-order valence-corrected chi connectivity index (χ1v) is 6.97. The van der Waals surface area contributed by atoms with Gasteiger partial charge in [0.2, 0.25) is 5.91 Å². The van der Waals surface area contributed by atoms with Gasteiger partial charge in [0, 0.05) is 39.4 Å². The lowest BCUT2D eigenvalue weighted by Crippen LogP contribution is -2.49. The second-order valence-electron chi connectivity index (χ2n) is 5.60. The number of nitrogens with one attached hydrogen (secondary N) is 1. The maximum atomic E-state index is 12.7. The van der Waals surface area contributed by atoms with Crippen molar-refractivity contribution in [1.29, 1.82) is 0 Å². The number of carbonyl (C=O) groups excluding carboxylic acids is 1. The van der Waals surface area contributed by atoms with Crippen LogP contribution in [0.25, 0.3) is 0 Å². The van der Waals surface area contributed by atoms with Gasteiger partial charge in [0.1, 0.15) is 0 Å². The summed E-state index contributed by atoms with van der Waals surface area (Å²) >= 11 is 0. The standard InChI is InChI=1S/C13H22N2O3/c16-12(15-3-7-18-8-4-15)11-9-14-10-13(11)1-5-17-6-2-13/h11,14H,1-10H2/t11-/m1/s1. The molecule has 3 fully saturated rings. The lowest BCUT2D eigenvalue weighted by molar-refractivity contribution is -0.144. The normalized spacial score (nSPS) is 31.8. The van der Waals surface area contributed by atoms with E-state index in [0.29, 0.717) is 19.1 Å². The molecule has 102 valence electrons. The molecule has 5 nitrogen and oxygen atoms in total. The van der Waals surface area contributed by atoms with Crippen molar-refractivity contribution >= 4 is 5.91 Å². The highest BCUT2D eigenvalue weighted by Gasteiger charge is 2.48. The molecule has 1 atom stereocenters. The van der Waals surface area contributed by atoms with Crippen LogP contribution in [0.4, 0.5) is 0 Å². The minimum Gasteiger partial charge on any atom is -0.381 e. The molecule has 0 saturated carbocycles. The van der Waals surface area contributed by atoms with Gasteiger partial charge in [0.05, 0.1) is 19.1 Å². The molecule has 1 amide bonds. The number of ether oxygens (including phenoxy) is 2. The van der Waals surface area contributed by atoms with Crippen molar-refractivity contribution in [3.63, 3.8) is 0 Å². The molecule has 0 aliphatic carbocycles. The number of morpholine rings is 1. The molecule has 0 bridgehead atoms. The zero-order chi connectivity index (χ0) is 12.4. The fourth-order valence-corrected chi connectivity index (χ4v) is 3.46. The molecule has 0 radical (unpaired) electrons. The van der Waals surface area contributed by atoms with Gasteiger partial charge in [-0.1, -0.05) is 0 Å². The Morgan fingerprint density at radius 2 is 1.78 bits per heavy atom. The van der Waals surface area contributed by atoms with Gasteiger partial charge in [-0.15, -0.1) is 0 Å². The first-order chi connectivity index (χ1) is 8.82. The Hall–Kier alpha value is -0.650. The summed E-state index contributed by atoms with van der Waals surface area (Å²) in [4.78, 5) is 14.6. The van der Waals surface area contributed by atoms with E-state index in [1.807, 2.05) is 4.90 Å². The van der Waals surface area contributed by atoms with E-state index in [-0.39, 0.29) is 11.3 Å². The van der Waals surface area contributed by atoms with Crippen LogP contribution >= 0.6 is 0 Å². The lowest BCUT2D eigenvalue weighted by atomic mass is 9.71. The molecule has 0 aromatic carbocycles. The molecule has 3 rings (SSSR count). The molecule has 18 heavy (non-hydrogen) atoms. The van der Waals surface area contributed by atoms with E-state index in [0.717, 1.165) is 52.2 Å². The Labute approximate surface area is 108 Å². The van der Waals surface area contributed by atoms with E-state index >= 15 is 0 Å². The first-order valence-electron chi connectivity index (χ1n) is 6.97. The molecule has 3 aliphatic rings. The largest absolute Gasteiger partial charge is 0.381 e. The number of hydrogen-bond donors (Lipinski definition) is 1. The highest BCUT2D eigenvalue weighted by atomic mass is 16.5. The van der Waals surface area contributed by atoms with Crippen molar-refractivity contribution < 1.29 is 14.3 Å². The second kappa shape index (κ2) is 5.15. The summed E-state index contributed by atoms with van der Waals surface area (Å²) < 4.78 is 10.8. The third-order valence-electron chi connectivity index (χ3n) is 4.67. The summed E-state index contributed by atoms with van der Waals surface area (Å²) in [6, 6.07) is 0. The minimum atomic E-state index is 0.138. The Bertz CT molecular complexity index is 309. The van der Waals surface area contributed by atoms with Gasteiger partial charge in [-0.2, -0.15) is 0 Å². The summed E-state index contributed by atoms with van der Waals surface area (Å²) in [7, 11) is 0. The highest BCUT2D eigenvalue weighted by Crippen LogP contribution is 2.41. The molecule has 3 heterocycles. The van der Waals surface area contributed by atoms with E-state index in [2.05, 4.69) is 5.32 Å². The number of nitrogens with zero attached hydrogens (tertiary/aromatic N) is 1. The Morgan fingerprint density at radius 3 is 2.50 bits per heavy atom. The van der Waals surface area contributed by atoms with E-state index < -0.39 is 0 Å². The summed E-state index contributed by atoms with van der Waals surface area (Å²) in [5.41, 5.74) is 0.146. The molecular formula is C13H22N2O3. The van der Waals surface area contributed by atoms with Crippen molar-refractivity contribution in [1.82, 2.24) is 10.2 Å². The Kier molecular flexibility index (Phi) is 3.54. The van der Waals surface area contributed by atoms with Crippen LogP contribution in [0.15, 0.2) is 0 Å². The zero-order valence-electron chi connectivity index (χ0n) is 10.8. The predicted octanol–water partition coefficient (Wildman–Crippen LogP) is -0.139. The van der Waals surface area contributed by atoms with Gasteiger partial charge in [0.15, 0.2) is 0 Å². The monoisotopic (exact) mass is 254 g/mol. The zero-order valence-corrected chi connectivity index (χ0v) is 10.8. The third-order valence-corrected chi connectivity index (χ3v) is 4.67. The fourth-order valence-electron chi connectivity index (χ4n) is 3.46. The van der Waals surface area contributed by atoms with Gasteiger partial charge in [0.25, 0.3) is 0 Å². The van der Waals surface area contributed by atoms with E-state index in [1.165, 1.54) is 0 Å². The molecule has 1 spiro atoms. The van der Waals surface area contributed by atoms with Gasteiger partial charge in [-0.3, -0.25) is 4.79 Å². The highest BCUT2D eigenvalue weighted by molar-refractivity contribution is 5.80. The lowest BCUT2D eigenvalue weighted by Gasteiger charge is -2.40.